The number of non-ortho nitro benzene ring substituents is 1. The number of carbonyl (C=O) groups is 1. The Hall–Kier alpha value is -2.03. The van der Waals surface area contributed by atoms with Crippen molar-refractivity contribution in [3.05, 3.63) is 45.5 Å². The number of nitro benzene ring substituents is 1. The molecular weight excluding hydrogens is 340 g/mol. The van der Waals surface area contributed by atoms with Crippen LogP contribution in [0, 0.1) is 10.1 Å². The van der Waals surface area contributed by atoms with Gasteiger partial charge >= 0.3 is 0 Å². The summed E-state index contributed by atoms with van der Waals surface area (Å²) in [5.74, 6) is -0.289. The van der Waals surface area contributed by atoms with Gasteiger partial charge in [0, 0.05) is 35.2 Å². The molecule has 0 radical (unpaired) electrons. The molecule has 2 aromatic rings. The van der Waals surface area contributed by atoms with Crippen molar-refractivity contribution in [2.24, 2.45) is 5.73 Å². The predicted octanol–water partition coefficient (Wildman–Crippen LogP) is 2.61. The van der Waals surface area contributed by atoms with Crippen LogP contribution in [0.4, 0.5) is 5.69 Å². The minimum atomic E-state index is -0.493. The molecule has 0 aliphatic carbocycles. The molecule has 0 saturated heterocycles. The van der Waals surface area contributed by atoms with Crippen molar-refractivity contribution < 1.29 is 9.72 Å². The SMILES string of the molecule is CC(C)(N)CNC(=O)c1csc(-c2ccc([N+](=O)[O-])cc2)n1.Cl. The van der Waals surface area contributed by atoms with E-state index < -0.39 is 10.5 Å². The van der Waals surface area contributed by atoms with E-state index in [9.17, 15) is 14.9 Å². The van der Waals surface area contributed by atoms with Gasteiger partial charge in [0.05, 0.1) is 4.92 Å². The smallest absolute Gasteiger partial charge is 0.270 e. The largest absolute Gasteiger partial charge is 0.349 e. The fraction of sp³-hybridized carbons (Fsp3) is 0.286. The molecule has 0 fully saturated rings. The van der Waals surface area contributed by atoms with Crippen molar-refractivity contribution in [3.63, 3.8) is 0 Å². The van der Waals surface area contributed by atoms with E-state index >= 15 is 0 Å². The van der Waals surface area contributed by atoms with Crippen LogP contribution in [0.15, 0.2) is 29.6 Å². The van der Waals surface area contributed by atoms with Crippen LogP contribution < -0.4 is 11.1 Å². The number of thiazole rings is 1. The highest BCUT2D eigenvalue weighted by Gasteiger charge is 2.16. The average Bonchev–Trinajstić information content (AvgIpc) is 2.94. The van der Waals surface area contributed by atoms with Crippen molar-refractivity contribution in [1.29, 1.82) is 0 Å². The molecule has 7 nitrogen and oxygen atoms in total. The van der Waals surface area contributed by atoms with E-state index in [1.165, 1.54) is 23.5 Å². The van der Waals surface area contributed by atoms with Gasteiger partial charge in [0.15, 0.2) is 0 Å². The molecule has 0 atom stereocenters. The number of halogens is 1. The molecule has 0 spiro atoms. The summed E-state index contributed by atoms with van der Waals surface area (Å²) in [7, 11) is 0. The maximum Gasteiger partial charge on any atom is 0.270 e. The second kappa shape index (κ2) is 7.49. The maximum atomic E-state index is 12.0. The van der Waals surface area contributed by atoms with Crippen molar-refractivity contribution in [2.75, 3.05) is 6.54 Å². The topological polar surface area (TPSA) is 111 Å². The number of carbonyl (C=O) groups excluding carboxylic acids is 1. The molecule has 0 aliphatic heterocycles. The number of nitro groups is 1. The van der Waals surface area contributed by atoms with E-state index in [1.807, 2.05) is 13.8 Å². The summed E-state index contributed by atoms with van der Waals surface area (Å²) in [5, 5.41) is 15.6. The molecule has 2 rings (SSSR count). The monoisotopic (exact) mass is 356 g/mol. The lowest BCUT2D eigenvalue weighted by Crippen LogP contribution is -2.45. The van der Waals surface area contributed by atoms with E-state index in [2.05, 4.69) is 10.3 Å². The summed E-state index contributed by atoms with van der Waals surface area (Å²) in [4.78, 5) is 26.4. The molecule has 1 amide bonds. The first-order valence-corrected chi connectivity index (χ1v) is 7.42. The summed E-state index contributed by atoms with van der Waals surface area (Å²) in [6.07, 6.45) is 0. The second-order valence-electron chi connectivity index (χ2n) is 5.51. The van der Waals surface area contributed by atoms with Crippen LogP contribution in [0.25, 0.3) is 10.6 Å². The molecule has 0 saturated carbocycles. The molecular formula is C14H17ClN4O3S. The molecule has 1 aromatic carbocycles. The lowest BCUT2D eigenvalue weighted by atomic mass is 10.1. The molecule has 1 aromatic heterocycles. The highest BCUT2D eigenvalue weighted by Crippen LogP contribution is 2.25. The van der Waals surface area contributed by atoms with Gasteiger partial charge in [-0.3, -0.25) is 14.9 Å². The third-order valence-corrected chi connectivity index (χ3v) is 3.66. The summed E-state index contributed by atoms with van der Waals surface area (Å²) in [5.41, 5.74) is 6.37. The lowest BCUT2D eigenvalue weighted by molar-refractivity contribution is -0.384. The Morgan fingerprint density at radius 3 is 2.52 bits per heavy atom. The first-order chi connectivity index (χ1) is 10.3. The van der Waals surface area contributed by atoms with Gasteiger partial charge < -0.3 is 11.1 Å². The predicted molar refractivity (Wildman–Crippen MR) is 92.1 cm³/mol. The van der Waals surface area contributed by atoms with E-state index in [-0.39, 0.29) is 24.0 Å². The zero-order valence-electron chi connectivity index (χ0n) is 12.6. The molecule has 9 heteroatoms. The van der Waals surface area contributed by atoms with Gasteiger partial charge in [-0.1, -0.05) is 0 Å². The van der Waals surface area contributed by atoms with E-state index in [1.54, 1.807) is 17.5 Å². The Kier molecular flexibility index (Phi) is 6.20. The molecule has 0 aliphatic rings. The minimum absolute atomic E-state index is 0. The summed E-state index contributed by atoms with van der Waals surface area (Å²) < 4.78 is 0. The number of nitrogens with two attached hydrogens (primary N) is 1. The van der Waals surface area contributed by atoms with E-state index in [4.69, 9.17) is 5.73 Å². The minimum Gasteiger partial charge on any atom is -0.349 e. The second-order valence-corrected chi connectivity index (χ2v) is 6.37. The number of hydrogen-bond donors (Lipinski definition) is 2. The van der Waals surface area contributed by atoms with Crippen LogP contribution in [0.2, 0.25) is 0 Å². The first kappa shape index (κ1) is 19.0. The molecule has 0 unspecified atom stereocenters. The number of nitrogens with zero attached hydrogens (tertiary/aromatic N) is 2. The molecule has 1 heterocycles. The van der Waals surface area contributed by atoms with Gasteiger partial charge in [-0.05, 0) is 26.0 Å². The fourth-order valence-electron chi connectivity index (χ4n) is 1.63. The lowest BCUT2D eigenvalue weighted by Gasteiger charge is -2.18. The first-order valence-electron chi connectivity index (χ1n) is 6.54. The number of nitrogens with one attached hydrogen (secondary N) is 1. The highest BCUT2D eigenvalue weighted by atomic mass is 35.5. The number of aromatic nitrogens is 1. The third-order valence-electron chi connectivity index (χ3n) is 2.77. The van der Waals surface area contributed by atoms with Crippen LogP contribution >= 0.6 is 23.7 Å². The van der Waals surface area contributed by atoms with Crippen LogP contribution in [-0.4, -0.2) is 27.9 Å². The van der Waals surface area contributed by atoms with Gasteiger partial charge in [-0.15, -0.1) is 23.7 Å². The van der Waals surface area contributed by atoms with Crippen LogP contribution in [0.1, 0.15) is 24.3 Å². The molecule has 0 bridgehead atoms. The Morgan fingerprint density at radius 2 is 2.00 bits per heavy atom. The third kappa shape index (κ3) is 5.27. The molecule has 3 N–H and O–H groups in total. The standard InChI is InChI=1S/C14H16N4O3S.ClH/c1-14(2,15)8-16-12(19)11-7-22-13(17-11)9-3-5-10(6-4-9)18(20)21;/h3-7H,8,15H2,1-2H3,(H,16,19);1H. The Bertz CT molecular complexity index is 695. The van der Waals surface area contributed by atoms with Crippen LogP contribution in [0.3, 0.4) is 0 Å². The van der Waals surface area contributed by atoms with Crippen LogP contribution in [0.5, 0.6) is 0 Å². The Labute approximate surface area is 143 Å². The van der Waals surface area contributed by atoms with Gasteiger partial charge in [0.2, 0.25) is 0 Å². The van der Waals surface area contributed by atoms with Crippen molar-refractivity contribution in [1.82, 2.24) is 10.3 Å². The normalized spacial score (nSPS) is 10.7. The van der Waals surface area contributed by atoms with Gasteiger partial charge in [-0.25, -0.2) is 4.98 Å². The van der Waals surface area contributed by atoms with E-state index in [0.717, 1.165) is 5.56 Å². The Morgan fingerprint density at radius 1 is 1.39 bits per heavy atom. The molecule has 124 valence electrons. The number of benzene rings is 1. The van der Waals surface area contributed by atoms with Gasteiger partial charge in [0.1, 0.15) is 10.7 Å². The zero-order chi connectivity index (χ0) is 16.3. The van der Waals surface area contributed by atoms with Gasteiger partial charge in [-0.2, -0.15) is 0 Å². The average molecular weight is 357 g/mol. The van der Waals surface area contributed by atoms with Crippen molar-refractivity contribution in [3.8, 4) is 10.6 Å². The summed E-state index contributed by atoms with van der Waals surface area (Å²) in [6.45, 7) is 3.98. The Balaban J connectivity index is 0.00000264. The quantitative estimate of drug-likeness (QED) is 0.631. The highest BCUT2D eigenvalue weighted by molar-refractivity contribution is 7.13. The van der Waals surface area contributed by atoms with E-state index in [0.29, 0.717) is 17.2 Å². The van der Waals surface area contributed by atoms with Crippen molar-refractivity contribution >= 4 is 35.3 Å². The summed E-state index contributed by atoms with van der Waals surface area (Å²) in [6, 6.07) is 6.05. The molecule has 23 heavy (non-hydrogen) atoms. The number of amides is 1. The summed E-state index contributed by atoms with van der Waals surface area (Å²) >= 11 is 1.31. The van der Waals surface area contributed by atoms with Crippen molar-refractivity contribution in [2.45, 2.75) is 19.4 Å². The fourth-order valence-corrected chi connectivity index (χ4v) is 2.44. The number of hydrogen-bond acceptors (Lipinski definition) is 6. The number of rotatable bonds is 5. The zero-order valence-corrected chi connectivity index (χ0v) is 14.2. The van der Waals surface area contributed by atoms with Gasteiger partial charge in [0.25, 0.3) is 11.6 Å². The maximum absolute atomic E-state index is 12.0. The van der Waals surface area contributed by atoms with Crippen LogP contribution in [-0.2, 0) is 0 Å².